The molecule has 0 aromatic heterocycles. The van der Waals surface area contributed by atoms with Crippen molar-refractivity contribution in [2.24, 2.45) is 76.9 Å². The summed E-state index contributed by atoms with van der Waals surface area (Å²) in [5, 5.41) is 1.55. The Morgan fingerprint density at radius 3 is 1.06 bits per heavy atom. The Morgan fingerprint density at radius 2 is 0.742 bits per heavy atom. The lowest BCUT2D eigenvalue weighted by Gasteiger charge is -2.37. The fraction of sp³-hybridized carbons (Fsp3) is 1.00. The second-order valence-electron chi connectivity index (χ2n) is 23.8. The van der Waals surface area contributed by atoms with Gasteiger partial charge in [0.2, 0.25) is 0 Å². The zero-order chi connectivity index (χ0) is 49.0. The molecule has 380 valence electrons. The molecular weight excluding hydrogens is 833 g/mol. The monoisotopic (exact) mass is 953 g/mol. The van der Waals surface area contributed by atoms with Crippen LogP contribution >= 0.6 is 47.0 Å². The number of hydrogen-bond acceptors (Lipinski definition) is 6. The fourth-order valence-corrected chi connectivity index (χ4v) is 12.6. The first kappa shape index (κ1) is 69.9. The van der Waals surface area contributed by atoms with E-state index in [9.17, 15) is 0 Å². The number of thioether (sulfide) groups is 4. The Hall–Kier alpha value is 1.32. The van der Waals surface area contributed by atoms with Crippen LogP contribution in [-0.4, -0.2) is 70.4 Å². The van der Waals surface area contributed by atoms with Gasteiger partial charge in [-0.3, -0.25) is 0 Å². The standard InChI is InChI=1S/C15H32OS2.C15H32O.2C13H28S/c1-12(2)7-16-8-15(18-10-14(5)6)11-17-9-13(3)4;1-8-15(9-12(2)3,10-13(4)5)16-11-14(6)7;1-10(2)7-13(12(5)6)9-14-8-11(3)4;1-10(2)7-13(8-11(3)4)14-9-12(5)6/h12-15H,7-11H2,1-6H3;12-14H,8-11H2,1-7H3;2*10-13H,7-9H2,1-6H3. The number of rotatable bonds is 33. The highest BCUT2D eigenvalue weighted by Gasteiger charge is 2.31. The van der Waals surface area contributed by atoms with Crippen molar-refractivity contribution in [3.05, 3.63) is 0 Å². The van der Waals surface area contributed by atoms with Gasteiger partial charge in [-0.1, -0.05) is 173 Å². The van der Waals surface area contributed by atoms with Gasteiger partial charge in [0.05, 0.1) is 12.2 Å². The second kappa shape index (κ2) is 43.6. The zero-order valence-corrected chi connectivity index (χ0v) is 50.5. The largest absolute Gasteiger partial charge is 0.380 e. The maximum absolute atomic E-state index is 6.26. The van der Waals surface area contributed by atoms with Crippen molar-refractivity contribution in [1.29, 1.82) is 0 Å². The van der Waals surface area contributed by atoms with E-state index in [0.29, 0.717) is 28.9 Å². The highest BCUT2D eigenvalue weighted by molar-refractivity contribution is 8.03. The lowest BCUT2D eigenvalue weighted by atomic mass is 9.82. The van der Waals surface area contributed by atoms with E-state index in [-0.39, 0.29) is 5.60 Å². The van der Waals surface area contributed by atoms with Crippen LogP contribution in [0.25, 0.3) is 0 Å². The molecule has 0 aliphatic heterocycles. The highest BCUT2D eigenvalue weighted by atomic mass is 32.2. The molecule has 0 saturated heterocycles. The third-order valence-electron chi connectivity index (χ3n) is 9.74. The van der Waals surface area contributed by atoms with Crippen molar-refractivity contribution in [2.75, 3.05) is 54.3 Å². The SMILES string of the molecule is CC(C)COCC(CSCC(C)C)SCC(C)C.CC(C)CSC(CC(C)C)CC(C)C.CC(C)CSCC(CC(C)C)C(C)C.CCC(CC(C)C)(CC(C)C)OCC(C)C. The summed E-state index contributed by atoms with van der Waals surface area (Å²) in [7, 11) is 0. The topological polar surface area (TPSA) is 18.5 Å². The van der Waals surface area contributed by atoms with Crippen molar-refractivity contribution in [3.8, 4) is 0 Å². The molecule has 6 heteroatoms. The Labute approximate surface area is 413 Å². The predicted octanol–water partition coefficient (Wildman–Crippen LogP) is 19.2. The lowest BCUT2D eigenvalue weighted by Crippen LogP contribution is -2.36. The molecule has 2 nitrogen and oxygen atoms in total. The Morgan fingerprint density at radius 1 is 0.355 bits per heavy atom. The summed E-state index contributed by atoms with van der Waals surface area (Å²) >= 11 is 8.49. The molecule has 0 amide bonds. The summed E-state index contributed by atoms with van der Waals surface area (Å²) in [6.07, 6.45) is 7.67. The summed E-state index contributed by atoms with van der Waals surface area (Å²) in [5.41, 5.74) is 0.118. The molecule has 0 aliphatic rings. The van der Waals surface area contributed by atoms with Crippen molar-refractivity contribution in [2.45, 2.75) is 228 Å². The third-order valence-corrected chi connectivity index (χ3v) is 16.4. The summed E-state index contributed by atoms with van der Waals surface area (Å²) in [5.74, 6) is 18.0. The van der Waals surface area contributed by atoms with Gasteiger partial charge in [0.1, 0.15) is 0 Å². The third kappa shape index (κ3) is 53.9. The van der Waals surface area contributed by atoms with Crippen molar-refractivity contribution in [1.82, 2.24) is 0 Å². The number of ether oxygens (including phenoxy) is 2. The van der Waals surface area contributed by atoms with Crippen LogP contribution in [0.3, 0.4) is 0 Å². The molecule has 0 heterocycles. The lowest BCUT2D eigenvalue weighted by molar-refractivity contribution is -0.0845. The molecule has 62 heavy (non-hydrogen) atoms. The van der Waals surface area contributed by atoms with E-state index < -0.39 is 0 Å². The summed E-state index contributed by atoms with van der Waals surface area (Å²) in [6.45, 7) is 60.2. The van der Waals surface area contributed by atoms with Crippen LogP contribution in [-0.2, 0) is 9.47 Å². The second-order valence-corrected chi connectivity index (χ2v) is 28.6. The minimum Gasteiger partial charge on any atom is -0.380 e. The molecule has 0 saturated carbocycles. The van der Waals surface area contributed by atoms with Crippen LogP contribution in [0, 0.1) is 76.9 Å². The fourth-order valence-electron chi connectivity index (χ4n) is 6.97. The Bertz CT molecular complexity index is 862. The van der Waals surface area contributed by atoms with E-state index in [0.717, 1.165) is 84.8 Å². The molecule has 0 spiro atoms. The van der Waals surface area contributed by atoms with E-state index in [1.54, 1.807) is 0 Å². The molecule has 0 aliphatic carbocycles. The number of hydrogen-bond donors (Lipinski definition) is 0. The molecular formula is C56H120O2S4. The van der Waals surface area contributed by atoms with Gasteiger partial charge in [0, 0.05) is 29.5 Å². The van der Waals surface area contributed by atoms with Crippen LogP contribution < -0.4 is 0 Å². The molecule has 0 radical (unpaired) electrons. The molecule has 2 atom stereocenters. The summed E-state index contributed by atoms with van der Waals surface area (Å²) in [4.78, 5) is 0. The average Bonchev–Trinajstić information content (AvgIpc) is 3.10. The van der Waals surface area contributed by atoms with Gasteiger partial charge in [-0.05, 0) is 144 Å². The molecule has 2 unspecified atom stereocenters. The highest BCUT2D eigenvalue weighted by Crippen LogP contribution is 2.33. The minimum absolute atomic E-state index is 0.118. The van der Waals surface area contributed by atoms with Gasteiger partial charge in [-0.25, -0.2) is 0 Å². The van der Waals surface area contributed by atoms with Gasteiger partial charge < -0.3 is 9.47 Å². The smallest absolute Gasteiger partial charge is 0.0685 e. The van der Waals surface area contributed by atoms with E-state index in [1.807, 2.05) is 0 Å². The zero-order valence-electron chi connectivity index (χ0n) is 47.2. The van der Waals surface area contributed by atoms with Crippen LogP contribution in [0.2, 0.25) is 0 Å². The van der Waals surface area contributed by atoms with E-state index in [1.165, 1.54) is 66.6 Å². The first-order valence-corrected chi connectivity index (χ1v) is 30.6. The van der Waals surface area contributed by atoms with Crippen molar-refractivity contribution in [3.63, 3.8) is 0 Å². The van der Waals surface area contributed by atoms with Gasteiger partial charge in [-0.2, -0.15) is 47.0 Å². The molecule has 0 aromatic carbocycles. The quantitative estimate of drug-likeness (QED) is 0.0648. The summed E-state index contributed by atoms with van der Waals surface area (Å²) < 4.78 is 12.1. The maximum Gasteiger partial charge on any atom is 0.0685 e. The summed E-state index contributed by atoms with van der Waals surface area (Å²) in [6, 6.07) is 0. The van der Waals surface area contributed by atoms with Crippen molar-refractivity contribution >= 4 is 47.0 Å². The molecule has 0 N–H and O–H groups in total. The average molecular weight is 954 g/mol. The molecule has 0 fully saturated rings. The minimum atomic E-state index is 0.118. The molecule has 0 aromatic rings. The molecule has 0 bridgehead atoms. The van der Waals surface area contributed by atoms with Crippen molar-refractivity contribution < 1.29 is 9.47 Å². The normalized spacial score (nSPS) is 13.5. The van der Waals surface area contributed by atoms with E-state index in [4.69, 9.17) is 9.47 Å². The van der Waals surface area contributed by atoms with Crippen LogP contribution in [0.1, 0.15) is 212 Å². The Balaban J connectivity index is -0.000000364. The van der Waals surface area contributed by atoms with Crippen LogP contribution in [0.5, 0.6) is 0 Å². The van der Waals surface area contributed by atoms with Gasteiger partial charge in [-0.15, -0.1) is 0 Å². The van der Waals surface area contributed by atoms with Crippen LogP contribution in [0.4, 0.5) is 0 Å². The van der Waals surface area contributed by atoms with E-state index >= 15 is 0 Å². The van der Waals surface area contributed by atoms with Crippen LogP contribution in [0.15, 0.2) is 0 Å². The maximum atomic E-state index is 6.26. The van der Waals surface area contributed by atoms with Gasteiger partial charge >= 0.3 is 0 Å². The van der Waals surface area contributed by atoms with E-state index in [2.05, 4.69) is 220 Å². The Kier molecular flexibility index (Phi) is 49.1. The van der Waals surface area contributed by atoms with Gasteiger partial charge in [0.25, 0.3) is 0 Å². The first-order chi connectivity index (χ1) is 28.6. The molecule has 0 rings (SSSR count). The van der Waals surface area contributed by atoms with Gasteiger partial charge in [0.15, 0.2) is 0 Å². The first-order valence-electron chi connectivity index (χ1n) is 26.2. The predicted molar refractivity (Wildman–Crippen MR) is 302 cm³/mol.